The number of aryl methyl sites for hydroxylation is 1. The molecule has 96 valence electrons. The molecule has 0 radical (unpaired) electrons. The molecule has 0 amide bonds. The number of aliphatic hydroxyl groups is 1. The Kier molecular flexibility index (Phi) is 3.05. The number of aromatic nitrogens is 3. The highest BCUT2D eigenvalue weighted by Gasteiger charge is 2.20. The van der Waals surface area contributed by atoms with Crippen molar-refractivity contribution < 1.29 is 5.11 Å². The third-order valence-corrected chi connectivity index (χ3v) is 4.40. The van der Waals surface area contributed by atoms with E-state index >= 15 is 0 Å². The van der Waals surface area contributed by atoms with Gasteiger partial charge in [0.15, 0.2) is 5.13 Å². The lowest BCUT2D eigenvalue weighted by Crippen LogP contribution is -2.33. The van der Waals surface area contributed by atoms with Gasteiger partial charge in [-0.15, -0.1) is 0 Å². The Hall–Kier alpha value is -1.40. The first-order valence-electron chi connectivity index (χ1n) is 6.16. The Labute approximate surface area is 110 Å². The van der Waals surface area contributed by atoms with E-state index in [0.29, 0.717) is 0 Å². The first-order chi connectivity index (χ1) is 8.81. The molecule has 0 saturated heterocycles. The van der Waals surface area contributed by atoms with Gasteiger partial charge in [-0.2, -0.15) is 0 Å². The van der Waals surface area contributed by atoms with E-state index in [1.54, 1.807) is 11.3 Å². The van der Waals surface area contributed by atoms with Crippen molar-refractivity contribution >= 4 is 16.5 Å². The third-order valence-electron chi connectivity index (χ3n) is 3.26. The van der Waals surface area contributed by atoms with E-state index in [-0.39, 0.29) is 6.61 Å². The molecular formula is C12H16N4OS. The second-order valence-electron chi connectivity index (χ2n) is 4.34. The first-order valence-corrected chi connectivity index (χ1v) is 6.98. The van der Waals surface area contributed by atoms with Gasteiger partial charge in [0.05, 0.1) is 23.7 Å². The summed E-state index contributed by atoms with van der Waals surface area (Å²) in [5.41, 5.74) is 1.02. The zero-order valence-corrected chi connectivity index (χ0v) is 11.2. The highest BCUT2D eigenvalue weighted by molar-refractivity contribution is 7.15. The fourth-order valence-corrected chi connectivity index (χ4v) is 3.28. The van der Waals surface area contributed by atoms with Crippen LogP contribution in [0.4, 0.5) is 5.13 Å². The van der Waals surface area contributed by atoms with Gasteiger partial charge in [-0.05, 0) is 6.42 Å². The van der Waals surface area contributed by atoms with Crippen LogP contribution in [0.25, 0.3) is 0 Å². The monoisotopic (exact) mass is 264 g/mol. The van der Waals surface area contributed by atoms with E-state index in [4.69, 9.17) is 0 Å². The molecule has 0 atom stereocenters. The van der Waals surface area contributed by atoms with Crippen molar-refractivity contribution in [2.45, 2.75) is 33.0 Å². The van der Waals surface area contributed by atoms with E-state index < -0.39 is 0 Å². The molecule has 0 spiro atoms. The number of fused-ring (bicyclic) bond motifs is 1. The molecular weight excluding hydrogens is 248 g/mol. The maximum atomic E-state index is 9.32. The van der Waals surface area contributed by atoms with Crippen molar-refractivity contribution in [3.05, 3.63) is 28.8 Å². The van der Waals surface area contributed by atoms with Crippen LogP contribution in [-0.4, -0.2) is 26.2 Å². The molecule has 18 heavy (non-hydrogen) atoms. The lowest BCUT2D eigenvalue weighted by atomic mass is 10.3. The Bertz CT molecular complexity index is 527. The quantitative estimate of drug-likeness (QED) is 0.911. The van der Waals surface area contributed by atoms with Crippen LogP contribution in [0, 0.1) is 0 Å². The highest BCUT2D eigenvalue weighted by Crippen LogP contribution is 2.29. The van der Waals surface area contributed by atoms with Gasteiger partial charge in [-0.25, -0.2) is 9.97 Å². The predicted molar refractivity (Wildman–Crippen MR) is 70.7 cm³/mol. The zero-order chi connectivity index (χ0) is 12.5. The lowest BCUT2D eigenvalue weighted by molar-refractivity contribution is 0.284. The van der Waals surface area contributed by atoms with Crippen LogP contribution in [0.1, 0.15) is 23.3 Å². The second kappa shape index (κ2) is 4.70. The van der Waals surface area contributed by atoms with Crippen LogP contribution in [0.15, 0.2) is 12.4 Å². The smallest absolute Gasteiger partial charge is 0.186 e. The van der Waals surface area contributed by atoms with Gasteiger partial charge in [0.2, 0.25) is 0 Å². The molecule has 0 saturated carbocycles. The Morgan fingerprint density at radius 1 is 1.44 bits per heavy atom. The second-order valence-corrected chi connectivity index (χ2v) is 5.40. The predicted octanol–water partition coefficient (Wildman–Crippen LogP) is 1.41. The molecule has 0 fully saturated rings. The minimum Gasteiger partial charge on any atom is -0.391 e. The van der Waals surface area contributed by atoms with E-state index in [9.17, 15) is 5.11 Å². The summed E-state index contributed by atoms with van der Waals surface area (Å²) in [4.78, 5) is 12.2. The molecule has 0 bridgehead atoms. The minimum atomic E-state index is 0.0866. The summed E-state index contributed by atoms with van der Waals surface area (Å²) in [5, 5.41) is 10.3. The summed E-state index contributed by atoms with van der Waals surface area (Å²) in [6.45, 7) is 4.86. The van der Waals surface area contributed by atoms with Gasteiger partial charge in [-0.1, -0.05) is 18.3 Å². The molecule has 0 aliphatic carbocycles. The molecule has 1 aliphatic rings. The number of aliphatic hydroxyl groups excluding tert-OH is 1. The van der Waals surface area contributed by atoms with Crippen LogP contribution < -0.4 is 4.90 Å². The van der Waals surface area contributed by atoms with E-state index in [1.165, 1.54) is 0 Å². The summed E-state index contributed by atoms with van der Waals surface area (Å²) in [7, 11) is 0. The number of thiazole rings is 1. The summed E-state index contributed by atoms with van der Waals surface area (Å²) in [6.07, 6.45) is 4.73. The van der Waals surface area contributed by atoms with Gasteiger partial charge < -0.3 is 14.6 Å². The Balaban J connectivity index is 1.86. The topological polar surface area (TPSA) is 54.2 Å². The van der Waals surface area contributed by atoms with Crippen LogP contribution in [0.3, 0.4) is 0 Å². The standard InChI is InChI=1S/C12H16N4OS/c1-2-9-10(8-17)18-12(14-9)16-6-5-15-4-3-13-11(15)7-16/h3-4,17H,2,5-8H2,1H3. The number of hydrogen-bond acceptors (Lipinski definition) is 5. The van der Waals surface area contributed by atoms with Gasteiger partial charge in [-0.3, -0.25) is 0 Å². The first kappa shape index (κ1) is 11.7. The normalized spacial score (nSPS) is 14.9. The number of nitrogens with zero attached hydrogens (tertiary/aromatic N) is 4. The van der Waals surface area contributed by atoms with Crippen molar-refractivity contribution in [3.8, 4) is 0 Å². The molecule has 2 aromatic heterocycles. The number of rotatable bonds is 3. The molecule has 6 heteroatoms. The summed E-state index contributed by atoms with van der Waals surface area (Å²) in [6, 6.07) is 0. The van der Waals surface area contributed by atoms with Crippen molar-refractivity contribution in [1.29, 1.82) is 0 Å². The van der Waals surface area contributed by atoms with E-state index in [2.05, 4.69) is 26.4 Å². The Morgan fingerprint density at radius 3 is 3.06 bits per heavy atom. The SMILES string of the molecule is CCc1nc(N2CCn3ccnc3C2)sc1CO. The summed E-state index contributed by atoms with van der Waals surface area (Å²) >= 11 is 1.60. The molecule has 1 aliphatic heterocycles. The van der Waals surface area contributed by atoms with Gasteiger partial charge in [0.1, 0.15) is 5.82 Å². The highest BCUT2D eigenvalue weighted by atomic mass is 32.1. The fraction of sp³-hybridized carbons (Fsp3) is 0.500. The third kappa shape index (κ3) is 1.91. The Morgan fingerprint density at radius 2 is 2.33 bits per heavy atom. The molecule has 2 aromatic rings. The van der Waals surface area contributed by atoms with Crippen LogP contribution in [0.5, 0.6) is 0 Å². The van der Waals surface area contributed by atoms with Gasteiger partial charge in [0, 0.05) is 25.5 Å². The van der Waals surface area contributed by atoms with Gasteiger partial charge >= 0.3 is 0 Å². The lowest BCUT2D eigenvalue weighted by Gasteiger charge is -2.27. The van der Waals surface area contributed by atoms with E-state index in [0.717, 1.165) is 47.6 Å². The molecule has 0 unspecified atom stereocenters. The minimum absolute atomic E-state index is 0.0866. The largest absolute Gasteiger partial charge is 0.391 e. The number of imidazole rings is 1. The molecule has 5 nitrogen and oxygen atoms in total. The van der Waals surface area contributed by atoms with Crippen molar-refractivity contribution in [2.75, 3.05) is 11.4 Å². The zero-order valence-electron chi connectivity index (χ0n) is 10.3. The average molecular weight is 264 g/mol. The average Bonchev–Trinajstić information content (AvgIpc) is 3.03. The van der Waals surface area contributed by atoms with E-state index in [1.807, 2.05) is 12.4 Å². The van der Waals surface area contributed by atoms with Crippen LogP contribution >= 0.6 is 11.3 Å². The van der Waals surface area contributed by atoms with Crippen molar-refractivity contribution in [3.63, 3.8) is 0 Å². The summed E-state index contributed by atoms with van der Waals surface area (Å²) in [5.74, 6) is 1.08. The number of hydrogen-bond donors (Lipinski definition) is 1. The fourth-order valence-electron chi connectivity index (χ4n) is 2.24. The molecule has 3 rings (SSSR count). The number of anilines is 1. The molecule has 3 heterocycles. The maximum absolute atomic E-state index is 9.32. The molecule has 0 aromatic carbocycles. The maximum Gasteiger partial charge on any atom is 0.186 e. The van der Waals surface area contributed by atoms with Gasteiger partial charge in [0.25, 0.3) is 0 Å². The summed E-state index contributed by atoms with van der Waals surface area (Å²) < 4.78 is 2.18. The molecule has 1 N–H and O–H groups in total. The van der Waals surface area contributed by atoms with Crippen molar-refractivity contribution in [1.82, 2.24) is 14.5 Å². The van der Waals surface area contributed by atoms with Crippen molar-refractivity contribution in [2.24, 2.45) is 0 Å². The van der Waals surface area contributed by atoms with Crippen LogP contribution in [-0.2, 0) is 26.1 Å². The van der Waals surface area contributed by atoms with Crippen LogP contribution in [0.2, 0.25) is 0 Å².